The average molecular weight is 316 g/mol. The predicted octanol–water partition coefficient (Wildman–Crippen LogP) is -0.161. The molecule has 0 bridgehead atoms. The molecule has 0 aliphatic carbocycles. The quantitative estimate of drug-likeness (QED) is 0.456. The lowest BCUT2D eigenvalue weighted by Gasteiger charge is -2.21. The summed E-state index contributed by atoms with van der Waals surface area (Å²) in [6, 6.07) is 0. The van der Waals surface area contributed by atoms with Crippen molar-refractivity contribution in [2.45, 2.75) is 6.92 Å². The molecule has 0 saturated carbocycles. The highest BCUT2D eigenvalue weighted by molar-refractivity contribution is 7.89. The van der Waals surface area contributed by atoms with E-state index in [9.17, 15) is 18.0 Å². The van der Waals surface area contributed by atoms with E-state index in [1.807, 2.05) is 0 Å². The highest BCUT2D eigenvalue weighted by Crippen LogP contribution is 2.09. The van der Waals surface area contributed by atoms with E-state index in [0.717, 1.165) is 18.5 Å². The number of methoxy groups -OCH3 is 2. The van der Waals surface area contributed by atoms with Crippen molar-refractivity contribution in [2.24, 2.45) is 5.92 Å². The highest BCUT2D eigenvalue weighted by atomic mass is 35.5. The van der Waals surface area contributed by atoms with Crippen LogP contribution in [0.4, 0.5) is 0 Å². The van der Waals surface area contributed by atoms with Crippen LogP contribution in [0.1, 0.15) is 6.92 Å². The van der Waals surface area contributed by atoms with Gasteiger partial charge in [0.1, 0.15) is 13.1 Å². The number of carbonyl (C=O) groups is 2. The van der Waals surface area contributed by atoms with Gasteiger partial charge < -0.3 is 9.47 Å². The minimum absolute atomic E-state index is 0.156. The third-order valence-electron chi connectivity index (χ3n) is 2.22. The summed E-state index contributed by atoms with van der Waals surface area (Å²) < 4.78 is 33.6. The molecule has 0 aliphatic rings. The zero-order valence-electron chi connectivity index (χ0n) is 11.1. The number of rotatable bonds is 8. The van der Waals surface area contributed by atoms with Crippen molar-refractivity contribution in [3.63, 3.8) is 0 Å². The van der Waals surface area contributed by atoms with Crippen LogP contribution in [0.25, 0.3) is 0 Å². The van der Waals surface area contributed by atoms with Gasteiger partial charge in [0.2, 0.25) is 10.0 Å². The van der Waals surface area contributed by atoms with Crippen LogP contribution in [0.3, 0.4) is 0 Å². The summed E-state index contributed by atoms with van der Waals surface area (Å²) in [6.45, 7) is 0.574. The van der Waals surface area contributed by atoms with E-state index >= 15 is 0 Å². The Bertz CT molecular complexity index is 392. The standard InChI is InChI=1S/C10H18ClNO6S/c1-8(4-11)7-19(15,16)12(5-9(13)17-2)6-10(14)18-3/h8H,4-7H2,1-3H3. The number of sulfonamides is 1. The van der Waals surface area contributed by atoms with Gasteiger partial charge in [-0.05, 0) is 5.92 Å². The summed E-state index contributed by atoms with van der Waals surface area (Å²) in [4.78, 5) is 22.4. The van der Waals surface area contributed by atoms with Crippen LogP contribution in [-0.4, -0.2) is 63.6 Å². The van der Waals surface area contributed by atoms with E-state index < -0.39 is 35.1 Å². The van der Waals surface area contributed by atoms with Crippen LogP contribution in [0, 0.1) is 5.92 Å². The second kappa shape index (κ2) is 8.34. The Morgan fingerprint density at radius 1 is 1.16 bits per heavy atom. The lowest BCUT2D eigenvalue weighted by molar-refractivity contribution is -0.143. The largest absolute Gasteiger partial charge is 0.468 e. The van der Waals surface area contributed by atoms with Gasteiger partial charge in [0.25, 0.3) is 0 Å². The fourth-order valence-corrected chi connectivity index (χ4v) is 3.07. The zero-order valence-corrected chi connectivity index (χ0v) is 12.7. The molecular formula is C10H18ClNO6S. The van der Waals surface area contributed by atoms with Gasteiger partial charge in [-0.3, -0.25) is 9.59 Å². The summed E-state index contributed by atoms with van der Waals surface area (Å²) in [7, 11) is -1.53. The molecule has 9 heteroatoms. The molecule has 0 radical (unpaired) electrons. The average Bonchev–Trinajstić information content (AvgIpc) is 2.36. The van der Waals surface area contributed by atoms with E-state index in [2.05, 4.69) is 9.47 Å². The van der Waals surface area contributed by atoms with E-state index in [-0.39, 0.29) is 17.6 Å². The van der Waals surface area contributed by atoms with Gasteiger partial charge in [0.05, 0.1) is 20.0 Å². The lowest BCUT2D eigenvalue weighted by Crippen LogP contribution is -2.42. The SMILES string of the molecule is COC(=O)CN(CC(=O)OC)S(=O)(=O)CC(C)CCl. The number of carbonyl (C=O) groups excluding carboxylic acids is 2. The van der Waals surface area contributed by atoms with Gasteiger partial charge in [0, 0.05) is 5.88 Å². The lowest BCUT2D eigenvalue weighted by atomic mass is 10.3. The molecule has 0 rings (SSSR count). The maximum atomic E-state index is 12.1. The molecule has 1 unspecified atom stereocenters. The van der Waals surface area contributed by atoms with Crippen molar-refractivity contribution >= 4 is 33.6 Å². The Balaban J connectivity index is 4.99. The molecule has 0 fully saturated rings. The number of nitrogens with zero attached hydrogens (tertiary/aromatic N) is 1. The monoisotopic (exact) mass is 315 g/mol. The Hall–Kier alpha value is -0.860. The number of esters is 2. The van der Waals surface area contributed by atoms with Gasteiger partial charge in [-0.1, -0.05) is 6.92 Å². The van der Waals surface area contributed by atoms with Crippen molar-refractivity contribution < 1.29 is 27.5 Å². The normalized spacial score (nSPS) is 13.1. The molecule has 0 aromatic carbocycles. The molecule has 0 aliphatic heterocycles. The minimum Gasteiger partial charge on any atom is -0.468 e. The van der Waals surface area contributed by atoms with Crippen LogP contribution >= 0.6 is 11.6 Å². The number of halogens is 1. The molecule has 0 aromatic heterocycles. The molecule has 112 valence electrons. The van der Waals surface area contributed by atoms with Crippen molar-refractivity contribution in [3.05, 3.63) is 0 Å². The first kappa shape index (κ1) is 18.1. The Labute approximate surface area is 117 Å². The third kappa shape index (κ3) is 6.74. The second-order valence-electron chi connectivity index (χ2n) is 3.96. The smallest absolute Gasteiger partial charge is 0.321 e. The molecular weight excluding hydrogens is 298 g/mol. The fraction of sp³-hybridized carbons (Fsp3) is 0.800. The number of ether oxygens (including phenoxy) is 2. The molecule has 0 heterocycles. The van der Waals surface area contributed by atoms with Crippen LogP contribution in [0.15, 0.2) is 0 Å². The molecule has 0 saturated heterocycles. The Morgan fingerprint density at radius 2 is 1.58 bits per heavy atom. The molecule has 0 amide bonds. The zero-order chi connectivity index (χ0) is 15.1. The van der Waals surface area contributed by atoms with Gasteiger partial charge in [-0.25, -0.2) is 8.42 Å². The van der Waals surface area contributed by atoms with Crippen molar-refractivity contribution in [2.75, 3.05) is 38.9 Å². The first-order chi connectivity index (χ1) is 8.76. The Kier molecular flexibility index (Phi) is 7.96. The van der Waals surface area contributed by atoms with Gasteiger partial charge >= 0.3 is 11.9 Å². The first-order valence-corrected chi connectivity index (χ1v) is 7.58. The van der Waals surface area contributed by atoms with Crippen molar-refractivity contribution in [3.8, 4) is 0 Å². The van der Waals surface area contributed by atoms with Gasteiger partial charge in [-0.2, -0.15) is 4.31 Å². The number of hydrogen-bond donors (Lipinski definition) is 0. The molecule has 7 nitrogen and oxygen atoms in total. The summed E-state index contributed by atoms with van der Waals surface area (Å²) in [5.74, 6) is -1.92. The third-order valence-corrected chi connectivity index (χ3v) is 4.78. The van der Waals surface area contributed by atoms with Crippen molar-refractivity contribution in [1.82, 2.24) is 4.31 Å². The molecule has 0 aromatic rings. The molecule has 0 N–H and O–H groups in total. The van der Waals surface area contributed by atoms with Crippen LogP contribution in [0.2, 0.25) is 0 Å². The van der Waals surface area contributed by atoms with Crippen LogP contribution in [-0.2, 0) is 29.1 Å². The first-order valence-electron chi connectivity index (χ1n) is 5.44. The van der Waals surface area contributed by atoms with E-state index in [4.69, 9.17) is 11.6 Å². The maximum absolute atomic E-state index is 12.1. The number of hydrogen-bond acceptors (Lipinski definition) is 6. The summed E-state index contributed by atoms with van der Waals surface area (Å²) >= 11 is 5.56. The molecule has 19 heavy (non-hydrogen) atoms. The number of alkyl halides is 1. The van der Waals surface area contributed by atoms with E-state index in [0.29, 0.717) is 0 Å². The summed E-state index contributed by atoms with van der Waals surface area (Å²) in [5, 5.41) is 0. The van der Waals surface area contributed by atoms with Gasteiger partial charge in [-0.15, -0.1) is 11.6 Å². The fourth-order valence-electron chi connectivity index (χ4n) is 1.18. The van der Waals surface area contributed by atoms with Crippen molar-refractivity contribution in [1.29, 1.82) is 0 Å². The topological polar surface area (TPSA) is 90.0 Å². The molecule has 1 atom stereocenters. The predicted molar refractivity (Wildman–Crippen MR) is 69.3 cm³/mol. The maximum Gasteiger partial charge on any atom is 0.321 e. The van der Waals surface area contributed by atoms with E-state index in [1.165, 1.54) is 0 Å². The Morgan fingerprint density at radius 3 is 1.89 bits per heavy atom. The summed E-state index contributed by atoms with van der Waals surface area (Å²) in [5.41, 5.74) is 0. The highest BCUT2D eigenvalue weighted by Gasteiger charge is 2.29. The van der Waals surface area contributed by atoms with Crippen LogP contribution < -0.4 is 0 Å². The second-order valence-corrected chi connectivity index (χ2v) is 6.28. The minimum atomic E-state index is -3.80. The van der Waals surface area contributed by atoms with E-state index in [1.54, 1.807) is 6.92 Å². The summed E-state index contributed by atoms with van der Waals surface area (Å²) in [6.07, 6.45) is 0. The van der Waals surface area contributed by atoms with Crippen LogP contribution in [0.5, 0.6) is 0 Å². The van der Waals surface area contributed by atoms with Gasteiger partial charge in [0.15, 0.2) is 0 Å². The molecule has 0 spiro atoms.